The van der Waals surface area contributed by atoms with E-state index in [0.717, 1.165) is 23.2 Å². The maximum atomic E-state index is 13.3. The predicted molar refractivity (Wildman–Crippen MR) is 114 cm³/mol. The van der Waals surface area contributed by atoms with Crippen molar-refractivity contribution in [3.05, 3.63) is 93.7 Å². The van der Waals surface area contributed by atoms with Crippen LogP contribution in [0.1, 0.15) is 34.0 Å². The van der Waals surface area contributed by atoms with Crippen molar-refractivity contribution in [2.24, 2.45) is 5.92 Å². The highest BCUT2D eigenvalue weighted by molar-refractivity contribution is 5.94. The summed E-state index contributed by atoms with van der Waals surface area (Å²) in [5, 5.41) is 9.28. The first-order valence-corrected chi connectivity index (χ1v) is 10.3. The molecule has 3 aromatic rings. The Labute approximate surface area is 179 Å². The van der Waals surface area contributed by atoms with Crippen molar-refractivity contribution in [1.29, 1.82) is 5.26 Å². The van der Waals surface area contributed by atoms with Gasteiger partial charge in [-0.1, -0.05) is 12.1 Å². The van der Waals surface area contributed by atoms with Crippen LogP contribution < -0.4 is 5.56 Å². The van der Waals surface area contributed by atoms with E-state index >= 15 is 0 Å². The van der Waals surface area contributed by atoms with Crippen LogP contribution in [0.2, 0.25) is 0 Å². The number of rotatable bonds is 2. The maximum absolute atomic E-state index is 13.3. The van der Waals surface area contributed by atoms with Crippen molar-refractivity contribution in [3.8, 4) is 17.2 Å². The van der Waals surface area contributed by atoms with Crippen LogP contribution in [0, 0.1) is 23.1 Å². The second-order valence-electron chi connectivity index (χ2n) is 8.29. The van der Waals surface area contributed by atoms with Gasteiger partial charge in [-0.15, -0.1) is 0 Å². The summed E-state index contributed by atoms with van der Waals surface area (Å²) in [6, 6.07) is 18.6. The number of carbonyl (C=O) groups is 1. The van der Waals surface area contributed by atoms with E-state index in [0.29, 0.717) is 30.8 Å². The second kappa shape index (κ2) is 7.51. The SMILES string of the molecule is N#Cc1cccc(-c2ccc(=O)n3c2[C@@H]2C[C@@H](CN(C(=O)c4ccc(F)cc4)C2)C3)c1. The summed E-state index contributed by atoms with van der Waals surface area (Å²) in [6.07, 6.45) is 0.904. The number of benzene rings is 2. The van der Waals surface area contributed by atoms with Gasteiger partial charge in [0.05, 0.1) is 11.6 Å². The monoisotopic (exact) mass is 413 g/mol. The minimum atomic E-state index is -0.371. The van der Waals surface area contributed by atoms with Crippen LogP contribution in [0.25, 0.3) is 11.1 Å². The van der Waals surface area contributed by atoms with Crippen molar-refractivity contribution in [1.82, 2.24) is 9.47 Å². The predicted octanol–water partition coefficient (Wildman–Crippen LogP) is 3.79. The van der Waals surface area contributed by atoms with Crippen molar-refractivity contribution >= 4 is 5.91 Å². The Morgan fingerprint density at radius 2 is 1.84 bits per heavy atom. The van der Waals surface area contributed by atoms with E-state index in [4.69, 9.17) is 0 Å². The third-order valence-electron chi connectivity index (χ3n) is 6.27. The van der Waals surface area contributed by atoms with Gasteiger partial charge in [-0.3, -0.25) is 9.59 Å². The van der Waals surface area contributed by atoms with E-state index in [9.17, 15) is 19.2 Å². The Morgan fingerprint density at radius 1 is 1.03 bits per heavy atom. The van der Waals surface area contributed by atoms with Gasteiger partial charge in [0.15, 0.2) is 0 Å². The number of aromatic nitrogens is 1. The summed E-state index contributed by atoms with van der Waals surface area (Å²) in [5.41, 5.74) is 3.74. The van der Waals surface area contributed by atoms with Gasteiger partial charge in [-0.05, 0) is 60.4 Å². The summed E-state index contributed by atoms with van der Waals surface area (Å²) in [7, 11) is 0. The van der Waals surface area contributed by atoms with Gasteiger partial charge in [0.2, 0.25) is 0 Å². The molecule has 2 aromatic carbocycles. The molecule has 1 amide bonds. The van der Waals surface area contributed by atoms with E-state index in [1.165, 1.54) is 24.3 Å². The highest BCUT2D eigenvalue weighted by Gasteiger charge is 2.38. The van der Waals surface area contributed by atoms with E-state index in [1.54, 1.807) is 12.1 Å². The van der Waals surface area contributed by atoms with E-state index in [-0.39, 0.29) is 29.1 Å². The normalized spacial score (nSPS) is 19.4. The van der Waals surface area contributed by atoms with Gasteiger partial charge < -0.3 is 9.47 Å². The molecule has 0 aliphatic carbocycles. The molecule has 154 valence electrons. The van der Waals surface area contributed by atoms with E-state index in [1.807, 2.05) is 33.7 Å². The smallest absolute Gasteiger partial charge is 0.253 e. The molecule has 0 saturated carbocycles. The molecular weight excluding hydrogens is 393 g/mol. The molecule has 5 nitrogen and oxygen atoms in total. The molecule has 5 rings (SSSR count). The van der Waals surface area contributed by atoms with Crippen molar-refractivity contribution in [2.75, 3.05) is 13.1 Å². The van der Waals surface area contributed by atoms with Crippen molar-refractivity contribution in [3.63, 3.8) is 0 Å². The standard InChI is InChI=1S/C25H20FN3O2/c26-21-6-4-18(5-7-21)25(31)28-13-17-11-20(15-28)24-22(8-9-23(30)29(24)14-17)19-3-1-2-16(10-19)12-27/h1-10,17,20H,11,13-15H2/t17-,20+/m0/s1. The summed E-state index contributed by atoms with van der Waals surface area (Å²) < 4.78 is 15.1. The fourth-order valence-electron chi connectivity index (χ4n) is 4.96. The first kappa shape index (κ1) is 19.3. The Hall–Kier alpha value is -3.72. The van der Waals surface area contributed by atoms with Crippen molar-refractivity contribution in [2.45, 2.75) is 18.9 Å². The maximum Gasteiger partial charge on any atom is 0.253 e. The minimum Gasteiger partial charge on any atom is -0.338 e. The number of carbonyl (C=O) groups excluding carboxylic acids is 1. The molecule has 0 N–H and O–H groups in total. The molecule has 31 heavy (non-hydrogen) atoms. The molecule has 1 saturated heterocycles. The molecule has 3 heterocycles. The van der Waals surface area contributed by atoms with Gasteiger partial charge in [-0.2, -0.15) is 5.26 Å². The minimum absolute atomic E-state index is 0.0199. The van der Waals surface area contributed by atoms with Gasteiger partial charge in [0.1, 0.15) is 5.82 Å². The number of fused-ring (bicyclic) bond motifs is 4. The zero-order valence-electron chi connectivity index (χ0n) is 16.8. The lowest BCUT2D eigenvalue weighted by Crippen LogP contribution is -2.49. The number of halogens is 1. The van der Waals surface area contributed by atoms with Crippen LogP contribution in [-0.4, -0.2) is 28.5 Å². The third-order valence-corrected chi connectivity index (χ3v) is 6.27. The molecule has 1 fully saturated rings. The molecule has 1 aromatic heterocycles. The molecule has 0 unspecified atom stereocenters. The molecular formula is C25H20FN3O2. The first-order valence-electron chi connectivity index (χ1n) is 10.3. The van der Waals surface area contributed by atoms with Gasteiger partial charge >= 0.3 is 0 Å². The van der Waals surface area contributed by atoms with Crippen LogP contribution in [0.15, 0.2) is 65.5 Å². The zero-order valence-corrected chi connectivity index (χ0v) is 16.8. The molecule has 0 spiro atoms. The number of hydrogen-bond donors (Lipinski definition) is 0. The number of nitrogens with zero attached hydrogens (tertiary/aromatic N) is 3. The summed E-state index contributed by atoms with van der Waals surface area (Å²) in [4.78, 5) is 27.5. The van der Waals surface area contributed by atoms with Crippen LogP contribution in [0.3, 0.4) is 0 Å². The van der Waals surface area contributed by atoms with Crippen LogP contribution >= 0.6 is 0 Å². The number of nitriles is 1. The second-order valence-corrected chi connectivity index (χ2v) is 8.29. The number of amides is 1. The zero-order chi connectivity index (χ0) is 21.5. The molecule has 2 aliphatic rings. The Kier molecular flexibility index (Phi) is 4.67. The Balaban J connectivity index is 1.54. The topological polar surface area (TPSA) is 66.1 Å². The summed E-state index contributed by atoms with van der Waals surface area (Å²) >= 11 is 0. The number of piperidine rings is 1. The lowest BCUT2D eigenvalue weighted by Gasteiger charge is -2.43. The summed E-state index contributed by atoms with van der Waals surface area (Å²) in [6.45, 7) is 1.64. The highest BCUT2D eigenvalue weighted by atomic mass is 19.1. The first-order chi connectivity index (χ1) is 15.0. The van der Waals surface area contributed by atoms with Gasteiger partial charge in [-0.25, -0.2) is 4.39 Å². The number of pyridine rings is 1. The molecule has 2 atom stereocenters. The average molecular weight is 413 g/mol. The number of likely N-dealkylation sites (tertiary alicyclic amines) is 1. The largest absolute Gasteiger partial charge is 0.338 e. The van der Waals surface area contributed by atoms with Crippen LogP contribution in [0.4, 0.5) is 4.39 Å². The van der Waals surface area contributed by atoms with Gasteiger partial charge in [0.25, 0.3) is 11.5 Å². The molecule has 2 aliphatic heterocycles. The lowest BCUT2D eigenvalue weighted by molar-refractivity contribution is 0.0595. The molecule has 6 heteroatoms. The van der Waals surface area contributed by atoms with E-state index in [2.05, 4.69) is 6.07 Å². The summed E-state index contributed by atoms with van der Waals surface area (Å²) in [5.74, 6) is -0.278. The third kappa shape index (κ3) is 3.42. The van der Waals surface area contributed by atoms with Crippen molar-refractivity contribution < 1.29 is 9.18 Å². The average Bonchev–Trinajstić information content (AvgIpc) is 2.79. The van der Waals surface area contributed by atoms with Crippen LogP contribution in [-0.2, 0) is 6.54 Å². The molecule has 0 radical (unpaired) electrons. The lowest BCUT2D eigenvalue weighted by atomic mass is 9.80. The van der Waals surface area contributed by atoms with E-state index < -0.39 is 0 Å². The fourth-order valence-corrected chi connectivity index (χ4v) is 4.96. The van der Waals surface area contributed by atoms with Gasteiger partial charge in [0, 0.05) is 48.4 Å². The molecule has 2 bridgehead atoms. The quantitative estimate of drug-likeness (QED) is 0.642. The Bertz CT molecular complexity index is 1270. The highest BCUT2D eigenvalue weighted by Crippen LogP contribution is 2.40. The number of hydrogen-bond acceptors (Lipinski definition) is 3. The Morgan fingerprint density at radius 3 is 2.61 bits per heavy atom. The van der Waals surface area contributed by atoms with Crippen LogP contribution in [0.5, 0.6) is 0 Å². The fraction of sp³-hybridized carbons (Fsp3) is 0.240.